The molecule has 0 spiro atoms. The Labute approximate surface area is 75.3 Å². The summed E-state index contributed by atoms with van der Waals surface area (Å²) in [5.41, 5.74) is 5.32. The summed E-state index contributed by atoms with van der Waals surface area (Å²) in [7, 11) is 0. The highest BCUT2D eigenvalue weighted by Crippen LogP contribution is 2.16. The lowest BCUT2D eigenvalue weighted by atomic mass is 10.2. The van der Waals surface area contributed by atoms with E-state index >= 15 is 0 Å². The Morgan fingerprint density at radius 1 is 1.62 bits per heavy atom. The van der Waals surface area contributed by atoms with Gasteiger partial charge in [-0.05, 0) is 19.1 Å². The molecule has 0 saturated carbocycles. The molecule has 1 rings (SSSR count). The minimum absolute atomic E-state index is 0.0958. The summed E-state index contributed by atoms with van der Waals surface area (Å²) in [4.78, 5) is 11.1. The minimum atomic E-state index is -0.724. The van der Waals surface area contributed by atoms with Crippen molar-refractivity contribution in [3.05, 3.63) is 29.6 Å². The molecule has 1 aromatic carbocycles. The first-order chi connectivity index (χ1) is 6.16. The predicted octanol–water partition coefficient (Wildman–Crippen LogP) is 1.58. The number of hydrogen-bond donors (Lipinski definition) is 1. The van der Waals surface area contributed by atoms with Crippen molar-refractivity contribution < 1.29 is 13.9 Å². The summed E-state index contributed by atoms with van der Waals surface area (Å²) in [6, 6.07) is 4.06. The number of hydrogen-bond acceptors (Lipinski definition) is 3. The Bertz CT molecular complexity index is 305. The molecule has 0 radical (unpaired) electrons. The van der Waals surface area contributed by atoms with Crippen LogP contribution >= 0.6 is 0 Å². The molecule has 0 fully saturated rings. The molecule has 0 bridgehead atoms. The van der Waals surface area contributed by atoms with Crippen molar-refractivity contribution in [2.75, 3.05) is 12.3 Å². The molecule has 70 valence electrons. The minimum Gasteiger partial charge on any atom is -0.462 e. The molecule has 0 heterocycles. The zero-order valence-electron chi connectivity index (χ0n) is 7.21. The smallest absolute Gasteiger partial charge is 0.343 e. The van der Waals surface area contributed by atoms with Crippen molar-refractivity contribution in [1.82, 2.24) is 0 Å². The standard InChI is InChI=1S/C9H10FNO2/c1-2-13-9(12)8-6(10)4-3-5-7(8)11/h3-5H,2,11H2,1H3. The summed E-state index contributed by atoms with van der Waals surface area (Å²) in [5.74, 6) is -1.38. The lowest BCUT2D eigenvalue weighted by Crippen LogP contribution is -2.10. The molecular formula is C9H10FNO2. The highest BCUT2D eigenvalue weighted by Gasteiger charge is 2.15. The van der Waals surface area contributed by atoms with Gasteiger partial charge in [0.15, 0.2) is 0 Å². The van der Waals surface area contributed by atoms with Gasteiger partial charge in [0.1, 0.15) is 11.4 Å². The van der Waals surface area contributed by atoms with Crippen molar-refractivity contribution in [2.24, 2.45) is 0 Å². The van der Waals surface area contributed by atoms with Crippen LogP contribution in [-0.4, -0.2) is 12.6 Å². The number of nitrogen functional groups attached to an aromatic ring is 1. The first-order valence-electron chi connectivity index (χ1n) is 3.88. The van der Waals surface area contributed by atoms with E-state index in [0.29, 0.717) is 0 Å². The third-order valence-corrected chi connectivity index (χ3v) is 1.53. The third-order valence-electron chi connectivity index (χ3n) is 1.53. The molecule has 0 atom stereocenters. The van der Waals surface area contributed by atoms with E-state index in [1.54, 1.807) is 6.92 Å². The first-order valence-corrected chi connectivity index (χ1v) is 3.88. The Balaban J connectivity index is 3.05. The maximum absolute atomic E-state index is 13.0. The zero-order chi connectivity index (χ0) is 9.84. The Hall–Kier alpha value is -1.58. The van der Waals surface area contributed by atoms with Gasteiger partial charge in [0.2, 0.25) is 0 Å². The molecule has 0 amide bonds. The van der Waals surface area contributed by atoms with Crippen LogP contribution in [0.4, 0.5) is 10.1 Å². The zero-order valence-corrected chi connectivity index (χ0v) is 7.21. The normalized spacial score (nSPS) is 9.69. The summed E-state index contributed by atoms with van der Waals surface area (Å²) in [5, 5.41) is 0. The second-order valence-electron chi connectivity index (χ2n) is 2.42. The van der Waals surface area contributed by atoms with Crippen LogP contribution in [0, 0.1) is 5.82 Å². The SMILES string of the molecule is CCOC(=O)c1c(N)cccc1F. The molecule has 1 aromatic rings. The molecule has 13 heavy (non-hydrogen) atoms. The number of anilines is 1. The second-order valence-corrected chi connectivity index (χ2v) is 2.42. The van der Waals surface area contributed by atoms with Gasteiger partial charge >= 0.3 is 5.97 Å². The Kier molecular flexibility index (Phi) is 2.84. The number of esters is 1. The lowest BCUT2D eigenvalue weighted by molar-refractivity contribution is 0.0522. The quantitative estimate of drug-likeness (QED) is 0.559. The van der Waals surface area contributed by atoms with Gasteiger partial charge in [-0.3, -0.25) is 0 Å². The highest BCUT2D eigenvalue weighted by molar-refractivity contribution is 5.95. The number of rotatable bonds is 2. The fraction of sp³-hybridized carbons (Fsp3) is 0.222. The summed E-state index contributed by atoms with van der Waals surface area (Å²) in [6.45, 7) is 1.85. The van der Waals surface area contributed by atoms with Crippen LogP contribution in [0.25, 0.3) is 0 Å². The van der Waals surface area contributed by atoms with Crippen molar-refractivity contribution in [1.29, 1.82) is 0 Å². The van der Waals surface area contributed by atoms with Crippen LogP contribution in [-0.2, 0) is 4.74 Å². The fourth-order valence-electron chi connectivity index (χ4n) is 0.959. The topological polar surface area (TPSA) is 52.3 Å². The Morgan fingerprint density at radius 3 is 2.85 bits per heavy atom. The molecule has 4 heteroatoms. The van der Waals surface area contributed by atoms with E-state index < -0.39 is 11.8 Å². The number of halogens is 1. The second kappa shape index (κ2) is 3.89. The van der Waals surface area contributed by atoms with E-state index in [2.05, 4.69) is 4.74 Å². The van der Waals surface area contributed by atoms with E-state index in [0.717, 1.165) is 0 Å². The third kappa shape index (κ3) is 1.96. The molecule has 2 N–H and O–H groups in total. The summed E-state index contributed by atoms with van der Waals surface area (Å²) < 4.78 is 17.7. The molecule has 0 aromatic heterocycles. The maximum atomic E-state index is 13.0. The molecular weight excluding hydrogens is 173 g/mol. The average Bonchev–Trinajstić information content (AvgIpc) is 2.04. The predicted molar refractivity (Wildman–Crippen MR) is 46.8 cm³/mol. The van der Waals surface area contributed by atoms with E-state index in [4.69, 9.17) is 5.73 Å². The molecule has 0 aliphatic carbocycles. The lowest BCUT2D eigenvalue weighted by Gasteiger charge is -2.05. The number of carbonyl (C=O) groups is 1. The highest BCUT2D eigenvalue weighted by atomic mass is 19.1. The largest absolute Gasteiger partial charge is 0.462 e. The van der Waals surface area contributed by atoms with E-state index in [1.807, 2.05) is 0 Å². The van der Waals surface area contributed by atoms with Gasteiger partial charge in [0, 0.05) is 5.69 Å². The average molecular weight is 183 g/mol. The molecule has 0 unspecified atom stereocenters. The van der Waals surface area contributed by atoms with Crippen LogP contribution in [0.1, 0.15) is 17.3 Å². The molecule has 0 aliphatic heterocycles. The van der Waals surface area contributed by atoms with Crippen molar-refractivity contribution in [2.45, 2.75) is 6.92 Å². The van der Waals surface area contributed by atoms with Crippen molar-refractivity contribution in [3.8, 4) is 0 Å². The van der Waals surface area contributed by atoms with Crippen molar-refractivity contribution >= 4 is 11.7 Å². The fourth-order valence-corrected chi connectivity index (χ4v) is 0.959. The van der Waals surface area contributed by atoms with Crippen LogP contribution in [0.15, 0.2) is 18.2 Å². The van der Waals surface area contributed by atoms with E-state index in [1.165, 1.54) is 18.2 Å². The van der Waals surface area contributed by atoms with Crippen LogP contribution in [0.3, 0.4) is 0 Å². The van der Waals surface area contributed by atoms with Gasteiger partial charge in [0.05, 0.1) is 6.61 Å². The molecule has 3 nitrogen and oxygen atoms in total. The first kappa shape index (κ1) is 9.51. The van der Waals surface area contributed by atoms with E-state index in [-0.39, 0.29) is 17.9 Å². The number of benzene rings is 1. The summed E-state index contributed by atoms with van der Waals surface area (Å²) in [6.07, 6.45) is 0. The van der Waals surface area contributed by atoms with Crippen LogP contribution in [0.5, 0.6) is 0 Å². The number of ether oxygens (including phenoxy) is 1. The Morgan fingerprint density at radius 2 is 2.31 bits per heavy atom. The van der Waals surface area contributed by atoms with E-state index in [9.17, 15) is 9.18 Å². The van der Waals surface area contributed by atoms with Gasteiger partial charge in [0.25, 0.3) is 0 Å². The van der Waals surface area contributed by atoms with Crippen molar-refractivity contribution in [3.63, 3.8) is 0 Å². The number of carbonyl (C=O) groups excluding carboxylic acids is 1. The van der Waals surface area contributed by atoms with Gasteiger partial charge in [-0.15, -0.1) is 0 Å². The molecule has 0 aliphatic rings. The van der Waals surface area contributed by atoms with Gasteiger partial charge < -0.3 is 10.5 Å². The van der Waals surface area contributed by atoms with Crippen LogP contribution in [0.2, 0.25) is 0 Å². The summed E-state index contributed by atoms with van der Waals surface area (Å²) >= 11 is 0. The molecule has 0 saturated heterocycles. The monoisotopic (exact) mass is 183 g/mol. The maximum Gasteiger partial charge on any atom is 0.343 e. The number of nitrogens with two attached hydrogens (primary N) is 1. The van der Waals surface area contributed by atoms with Crippen LogP contribution < -0.4 is 5.73 Å². The van der Waals surface area contributed by atoms with Gasteiger partial charge in [-0.2, -0.15) is 0 Å². The van der Waals surface area contributed by atoms with Gasteiger partial charge in [-0.1, -0.05) is 6.07 Å². The van der Waals surface area contributed by atoms with Gasteiger partial charge in [-0.25, -0.2) is 9.18 Å².